The van der Waals surface area contributed by atoms with E-state index in [1.165, 1.54) is 141 Å². The minimum Gasteiger partial charge on any atom is -0.545 e. The lowest BCUT2D eigenvalue weighted by molar-refractivity contribution is -0.870. The summed E-state index contributed by atoms with van der Waals surface area (Å²) in [6.45, 7) is 4.47. The molecular formula is C92H149NO8. The van der Waals surface area contributed by atoms with Gasteiger partial charge in [0.1, 0.15) is 13.2 Å². The van der Waals surface area contributed by atoms with Gasteiger partial charge in [-0.2, -0.15) is 0 Å². The topological polar surface area (TPSA) is 111 Å². The van der Waals surface area contributed by atoms with Gasteiger partial charge in [-0.25, -0.2) is 0 Å². The molecule has 0 radical (unpaired) electrons. The summed E-state index contributed by atoms with van der Waals surface area (Å²) in [7, 11) is 5.91. The predicted octanol–water partition coefficient (Wildman–Crippen LogP) is 25.1. The Hall–Kier alpha value is -5.87. The highest BCUT2D eigenvalue weighted by Crippen LogP contribution is 2.18. The van der Waals surface area contributed by atoms with E-state index in [1.54, 1.807) is 0 Å². The van der Waals surface area contributed by atoms with Crippen molar-refractivity contribution in [2.45, 2.75) is 322 Å². The molecule has 0 aromatic rings. The molecule has 0 spiro atoms. The molecule has 0 saturated carbocycles. The first-order valence-corrected chi connectivity index (χ1v) is 40.6. The molecule has 101 heavy (non-hydrogen) atoms. The van der Waals surface area contributed by atoms with Crippen LogP contribution in [0.1, 0.15) is 309 Å². The molecule has 0 aliphatic rings. The van der Waals surface area contributed by atoms with E-state index >= 15 is 0 Å². The Labute approximate surface area is 621 Å². The molecule has 2 unspecified atom stereocenters. The number of carbonyl (C=O) groups is 3. The Morgan fingerprint density at radius 2 is 0.535 bits per heavy atom. The maximum Gasteiger partial charge on any atom is 0.306 e. The molecule has 0 fully saturated rings. The number of ether oxygens (including phenoxy) is 4. The van der Waals surface area contributed by atoms with E-state index in [2.05, 4.69) is 208 Å². The number of carbonyl (C=O) groups excluding carboxylic acids is 3. The first kappa shape index (κ1) is 95.1. The van der Waals surface area contributed by atoms with E-state index in [0.29, 0.717) is 17.4 Å². The molecule has 0 N–H and O–H groups in total. The van der Waals surface area contributed by atoms with Gasteiger partial charge >= 0.3 is 11.9 Å². The highest BCUT2D eigenvalue weighted by atomic mass is 16.7. The van der Waals surface area contributed by atoms with Crippen molar-refractivity contribution in [3.8, 4) is 0 Å². The summed E-state index contributed by atoms with van der Waals surface area (Å²) in [4.78, 5) is 37.6. The molecule has 570 valence electrons. The van der Waals surface area contributed by atoms with Crippen molar-refractivity contribution in [2.24, 2.45) is 0 Å². The van der Waals surface area contributed by atoms with Crippen molar-refractivity contribution in [3.05, 3.63) is 194 Å². The monoisotopic (exact) mass is 1400 g/mol. The molecule has 0 aromatic heterocycles. The number of aliphatic carboxylic acids is 1. The molecule has 0 amide bonds. The zero-order valence-corrected chi connectivity index (χ0v) is 65.2. The maximum absolute atomic E-state index is 13.0. The highest BCUT2D eigenvalue weighted by molar-refractivity contribution is 5.70. The second kappa shape index (κ2) is 79.8. The van der Waals surface area contributed by atoms with Crippen LogP contribution in [0.5, 0.6) is 0 Å². The number of esters is 2. The van der Waals surface area contributed by atoms with Crippen LogP contribution in [0.25, 0.3) is 0 Å². The zero-order valence-electron chi connectivity index (χ0n) is 65.2. The SMILES string of the molecule is CC/C=C\C/C=C\C/C=C\C/C=C\C/C=C\C/C=C\C/C=C\C/C=C\C/C=C\C/C=C\C/C=C\C/C=C\CCCCC(=O)OC(COC(=O)CCCCCCCCCCCCCCCCCCCCCCCCCC/C=C\C/C=C\C/C=C\C/C=C\CC)COC(OCC[N+](C)(C)C)C(=O)[O-]. The number of hydrogen-bond donors (Lipinski definition) is 0. The van der Waals surface area contributed by atoms with Crippen LogP contribution in [0, 0.1) is 0 Å². The van der Waals surface area contributed by atoms with Crippen molar-refractivity contribution in [1.29, 1.82) is 0 Å². The first-order valence-electron chi connectivity index (χ1n) is 40.6. The average molecular weight is 1400 g/mol. The van der Waals surface area contributed by atoms with Gasteiger partial charge in [-0.1, -0.05) is 350 Å². The second-order valence-electron chi connectivity index (χ2n) is 27.6. The normalized spacial score (nSPS) is 13.7. The van der Waals surface area contributed by atoms with Crippen LogP contribution in [0.3, 0.4) is 0 Å². The van der Waals surface area contributed by atoms with Gasteiger partial charge < -0.3 is 33.3 Å². The van der Waals surface area contributed by atoms with E-state index in [9.17, 15) is 19.5 Å². The third-order valence-electron chi connectivity index (χ3n) is 16.8. The summed E-state index contributed by atoms with van der Waals surface area (Å²) >= 11 is 0. The van der Waals surface area contributed by atoms with E-state index in [0.717, 1.165) is 135 Å². The Kier molecular flexibility index (Phi) is 75.2. The van der Waals surface area contributed by atoms with Crippen LogP contribution in [0.4, 0.5) is 0 Å². The fraction of sp³-hybridized carbons (Fsp3) is 0.620. The second-order valence-corrected chi connectivity index (χ2v) is 27.6. The maximum atomic E-state index is 13.0. The summed E-state index contributed by atoms with van der Waals surface area (Å²) in [6.07, 6.45) is 120. The molecule has 0 bridgehead atoms. The minimum atomic E-state index is -1.65. The molecule has 0 saturated heterocycles. The lowest BCUT2D eigenvalue weighted by atomic mass is 10.0. The highest BCUT2D eigenvalue weighted by Gasteiger charge is 2.22. The van der Waals surface area contributed by atoms with Crippen LogP contribution >= 0.6 is 0 Å². The molecule has 0 rings (SSSR count). The van der Waals surface area contributed by atoms with Gasteiger partial charge in [0.2, 0.25) is 0 Å². The zero-order chi connectivity index (χ0) is 73.2. The van der Waals surface area contributed by atoms with E-state index in [-0.39, 0.29) is 38.6 Å². The quantitative estimate of drug-likeness (QED) is 0.0195. The molecule has 0 aliphatic carbocycles. The van der Waals surface area contributed by atoms with Crippen molar-refractivity contribution < 1.29 is 42.9 Å². The first-order chi connectivity index (χ1) is 49.6. The van der Waals surface area contributed by atoms with Gasteiger partial charge in [-0.15, -0.1) is 0 Å². The summed E-state index contributed by atoms with van der Waals surface area (Å²) in [5, 5.41) is 11.9. The number of carboxylic acids is 1. The van der Waals surface area contributed by atoms with Gasteiger partial charge in [0, 0.05) is 12.8 Å². The lowest BCUT2D eigenvalue weighted by Crippen LogP contribution is -2.44. The van der Waals surface area contributed by atoms with Crippen molar-refractivity contribution in [1.82, 2.24) is 0 Å². The van der Waals surface area contributed by atoms with Crippen LogP contribution in [0.15, 0.2) is 194 Å². The van der Waals surface area contributed by atoms with Crippen molar-refractivity contribution in [2.75, 3.05) is 47.5 Å². The van der Waals surface area contributed by atoms with Gasteiger partial charge in [0.15, 0.2) is 12.4 Å². The van der Waals surface area contributed by atoms with Gasteiger partial charge in [-0.3, -0.25) is 9.59 Å². The van der Waals surface area contributed by atoms with Crippen LogP contribution in [-0.2, 0) is 33.3 Å². The van der Waals surface area contributed by atoms with E-state index < -0.39 is 24.3 Å². The van der Waals surface area contributed by atoms with Crippen molar-refractivity contribution in [3.63, 3.8) is 0 Å². The van der Waals surface area contributed by atoms with Crippen LogP contribution < -0.4 is 5.11 Å². The van der Waals surface area contributed by atoms with Gasteiger partial charge in [-0.05, 0) is 141 Å². The minimum absolute atomic E-state index is 0.131. The van der Waals surface area contributed by atoms with Crippen LogP contribution in [0.2, 0.25) is 0 Å². The fourth-order valence-electron chi connectivity index (χ4n) is 10.7. The fourth-order valence-corrected chi connectivity index (χ4v) is 10.7. The average Bonchev–Trinajstić information content (AvgIpc) is 1.21. The summed E-state index contributed by atoms with van der Waals surface area (Å²) in [5.74, 6) is -2.35. The Balaban J connectivity index is 4.15. The number of carboxylic acid groups (broad SMARTS) is 1. The van der Waals surface area contributed by atoms with Gasteiger partial charge in [0.25, 0.3) is 0 Å². The third kappa shape index (κ3) is 81.3. The smallest absolute Gasteiger partial charge is 0.306 e. The Bertz CT molecular complexity index is 2380. The number of allylic oxidation sites excluding steroid dienone is 32. The number of nitrogens with zero attached hydrogens (tertiary/aromatic N) is 1. The molecule has 9 nitrogen and oxygen atoms in total. The number of rotatable bonds is 73. The van der Waals surface area contributed by atoms with Crippen molar-refractivity contribution >= 4 is 17.9 Å². The summed E-state index contributed by atoms with van der Waals surface area (Å²) in [6, 6.07) is 0. The van der Waals surface area contributed by atoms with Gasteiger partial charge in [0.05, 0.1) is 40.3 Å². The number of unbranched alkanes of at least 4 members (excludes halogenated alkanes) is 26. The number of likely N-dealkylation sites (N-methyl/N-ethyl adjacent to an activating group) is 1. The summed E-state index contributed by atoms with van der Waals surface area (Å²) in [5.41, 5.74) is 0. The number of quaternary nitrogens is 1. The standard InChI is InChI=1S/C92H149NO8/c1-6-8-10-12-14-16-18-20-22-24-26-28-30-32-34-36-38-40-42-44-45-47-49-51-53-55-57-59-61-63-65-67-69-71-73-75-77-79-81-83-90(95)101-88(87-100-92(91(96)97)98-85-84-93(3,4)5)86-99-89(94)82-80-78-76-74-72-70-68-66-64-62-60-58-56-54-52-50-48-46-43-41-39-37-35-33-31-29-27-25-23-21-19-17-15-13-11-9-7-2/h8-11,14-17,20-23,26-29,32,34,38,40,44-45,49,51,55,57,61,63,67,69,73,75,88,92H,6-7,12-13,18-19,24-25,30-31,33,35-37,39,41-43,46-48,50,52-54,56,58-60,62,64-66,68,70-72,74,76-87H2,1-5H3/b10-8-,11-9-,16-14-,17-15-,22-20-,23-21-,28-26-,29-27-,34-32-,40-38-,45-44-,51-49-,57-55-,63-61-,69-67-,75-73-. The van der Waals surface area contributed by atoms with Crippen LogP contribution in [-0.4, -0.2) is 82.3 Å². The molecule has 0 aromatic carbocycles. The molecular weight excluding hydrogens is 1250 g/mol. The molecule has 0 heterocycles. The largest absolute Gasteiger partial charge is 0.545 e. The molecule has 9 heteroatoms. The number of hydrogen-bond acceptors (Lipinski definition) is 8. The predicted molar refractivity (Wildman–Crippen MR) is 434 cm³/mol. The van der Waals surface area contributed by atoms with E-state index in [1.807, 2.05) is 21.1 Å². The Morgan fingerprint density at radius 1 is 0.297 bits per heavy atom. The molecule has 2 atom stereocenters. The summed E-state index contributed by atoms with van der Waals surface area (Å²) < 4.78 is 22.8. The van der Waals surface area contributed by atoms with E-state index in [4.69, 9.17) is 18.9 Å². The lowest BCUT2D eigenvalue weighted by Gasteiger charge is -2.26. The Morgan fingerprint density at radius 3 is 0.812 bits per heavy atom. The third-order valence-corrected chi connectivity index (χ3v) is 16.8. The molecule has 0 aliphatic heterocycles.